The van der Waals surface area contributed by atoms with Crippen molar-refractivity contribution in [1.82, 2.24) is 4.90 Å². The van der Waals surface area contributed by atoms with Crippen LogP contribution < -0.4 is 0 Å². The Morgan fingerprint density at radius 3 is 2.83 bits per heavy atom. The molecule has 0 saturated heterocycles. The predicted molar refractivity (Wildman–Crippen MR) is 80.7 cm³/mol. The molecule has 1 unspecified atom stereocenters. The van der Waals surface area contributed by atoms with Gasteiger partial charge in [-0.1, -0.05) is 33.6 Å². The van der Waals surface area contributed by atoms with Crippen LogP contribution in [-0.4, -0.2) is 42.9 Å². The van der Waals surface area contributed by atoms with E-state index in [0.717, 1.165) is 4.47 Å². The summed E-state index contributed by atoms with van der Waals surface area (Å²) in [4.78, 5) is 13.9. The topological polar surface area (TPSA) is 29.5 Å². The van der Waals surface area contributed by atoms with E-state index in [4.69, 9.17) is 16.3 Å². The van der Waals surface area contributed by atoms with Crippen molar-refractivity contribution >= 4 is 49.4 Å². The monoisotopic (exact) mass is 397 g/mol. The number of rotatable bonds is 5. The van der Waals surface area contributed by atoms with Crippen molar-refractivity contribution in [3.05, 3.63) is 33.3 Å². The number of carbonyl (C=O) groups is 1. The molecule has 6 heteroatoms. The Kier molecular flexibility index (Phi) is 6.63. The zero-order valence-electron chi connectivity index (χ0n) is 10.1. The summed E-state index contributed by atoms with van der Waals surface area (Å²) < 4.78 is 5.73. The first-order chi connectivity index (χ1) is 8.47. The van der Waals surface area contributed by atoms with Crippen LogP contribution in [-0.2, 0) is 4.74 Å². The van der Waals surface area contributed by atoms with Crippen LogP contribution in [0.5, 0.6) is 0 Å². The van der Waals surface area contributed by atoms with Gasteiger partial charge in [0.2, 0.25) is 0 Å². The number of methoxy groups -OCH3 is 1. The van der Waals surface area contributed by atoms with Crippen molar-refractivity contribution in [2.45, 2.75) is 4.83 Å². The molecule has 0 bridgehead atoms. The second-order valence-electron chi connectivity index (χ2n) is 3.84. The Hall–Kier alpha value is -0.100. The molecule has 0 heterocycles. The van der Waals surface area contributed by atoms with Crippen LogP contribution in [0.1, 0.15) is 10.4 Å². The summed E-state index contributed by atoms with van der Waals surface area (Å²) >= 11 is 12.9. The highest BCUT2D eigenvalue weighted by molar-refractivity contribution is 9.10. The molecule has 0 aliphatic carbocycles. The number of hydrogen-bond donors (Lipinski definition) is 0. The lowest BCUT2D eigenvalue weighted by Crippen LogP contribution is -2.33. The molecular formula is C12H14Br2ClNO2. The van der Waals surface area contributed by atoms with Crippen LogP contribution in [0.2, 0.25) is 5.02 Å². The maximum absolute atomic E-state index is 12.2. The summed E-state index contributed by atoms with van der Waals surface area (Å²) in [5.41, 5.74) is 0.491. The molecule has 1 aromatic carbocycles. The van der Waals surface area contributed by atoms with E-state index in [1.807, 2.05) is 0 Å². The van der Waals surface area contributed by atoms with Crippen LogP contribution in [0.15, 0.2) is 22.7 Å². The minimum atomic E-state index is -0.109. The summed E-state index contributed by atoms with van der Waals surface area (Å²) in [6.45, 7) is 1.10. The number of amides is 1. The van der Waals surface area contributed by atoms with Gasteiger partial charge in [-0.25, -0.2) is 0 Å². The van der Waals surface area contributed by atoms with Gasteiger partial charge in [0.15, 0.2) is 0 Å². The minimum absolute atomic E-state index is 0.0994. The Morgan fingerprint density at radius 1 is 1.56 bits per heavy atom. The van der Waals surface area contributed by atoms with Crippen molar-refractivity contribution in [3.63, 3.8) is 0 Å². The predicted octanol–water partition coefficient (Wildman–Crippen LogP) is 3.58. The third-order valence-electron chi connectivity index (χ3n) is 2.35. The fourth-order valence-electron chi connectivity index (χ4n) is 1.49. The molecule has 0 saturated carbocycles. The molecule has 0 spiro atoms. The van der Waals surface area contributed by atoms with Gasteiger partial charge >= 0.3 is 0 Å². The quantitative estimate of drug-likeness (QED) is 0.709. The van der Waals surface area contributed by atoms with Crippen molar-refractivity contribution in [1.29, 1.82) is 0 Å². The molecule has 0 aliphatic rings. The molecule has 100 valence electrons. The highest BCUT2D eigenvalue weighted by Crippen LogP contribution is 2.26. The summed E-state index contributed by atoms with van der Waals surface area (Å²) in [7, 11) is 3.37. The third-order valence-corrected chi connectivity index (χ3v) is 4.20. The lowest BCUT2D eigenvalue weighted by atomic mass is 10.2. The van der Waals surface area contributed by atoms with E-state index >= 15 is 0 Å². The van der Waals surface area contributed by atoms with Gasteiger partial charge in [0.05, 0.1) is 22.0 Å². The number of hydrogen-bond acceptors (Lipinski definition) is 2. The lowest BCUT2D eigenvalue weighted by molar-refractivity contribution is 0.0784. The largest absolute Gasteiger partial charge is 0.383 e. The highest BCUT2D eigenvalue weighted by Gasteiger charge is 2.18. The number of carbonyl (C=O) groups excluding carboxylic acids is 1. The lowest BCUT2D eigenvalue weighted by Gasteiger charge is -2.21. The third kappa shape index (κ3) is 4.23. The number of halogens is 3. The number of ether oxygens (including phenoxy) is 1. The van der Waals surface area contributed by atoms with E-state index in [9.17, 15) is 4.79 Å². The van der Waals surface area contributed by atoms with Gasteiger partial charge in [0.1, 0.15) is 0 Å². The molecule has 1 amide bonds. The normalized spacial score (nSPS) is 12.3. The SMILES string of the molecule is COCC(Br)CN(C)C(=O)c1cccc(Br)c1Cl. The Balaban J connectivity index is 2.77. The van der Waals surface area contributed by atoms with Crippen LogP contribution in [0, 0.1) is 0 Å². The first kappa shape index (κ1) is 16.0. The molecule has 0 fully saturated rings. The highest BCUT2D eigenvalue weighted by atomic mass is 79.9. The van der Waals surface area contributed by atoms with E-state index in [1.54, 1.807) is 37.3 Å². The van der Waals surface area contributed by atoms with Crippen LogP contribution >= 0.6 is 43.5 Å². The number of nitrogens with zero attached hydrogens (tertiary/aromatic N) is 1. The summed E-state index contributed by atoms with van der Waals surface area (Å²) in [6.07, 6.45) is 0. The average Bonchev–Trinajstić information content (AvgIpc) is 2.32. The van der Waals surface area contributed by atoms with E-state index in [1.165, 1.54) is 0 Å². The Labute approximate surface area is 129 Å². The molecular weight excluding hydrogens is 385 g/mol. The molecule has 0 N–H and O–H groups in total. The number of benzene rings is 1. The van der Waals surface area contributed by atoms with Crippen molar-refractivity contribution in [2.75, 3.05) is 27.3 Å². The summed E-state index contributed by atoms with van der Waals surface area (Å²) in [5, 5.41) is 0.437. The molecule has 0 aliphatic heterocycles. The molecule has 1 rings (SSSR count). The van der Waals surface area contributed by atoms with Gasteiger partial charge in [-0.2, -0.15) is 0 Å². The maximum Gasteiger partial charge on any atom is 0.255 e. The zero-order chi connectivity index (χ0) is 13.7. The molecule has 3 nitrogen and oxygen atoms in total. The van der Waals surface area contributed by atoms with Gasteiger partial charge in [-0.3, -0.25) is 4.79 Å². The molecule has 1 atom stereocenters. The van der Waals surface area contributed by atoms with Gasteiger partial charge in [0.25, 0.3) is 5.91 Å². The number of alkyl halides is 1. The van der Waals surface area contributed by atoms with Crippen molar-refractivity contribution < 1.29 is 9.53 Å². The van der Waals surface area contributed by atoms with E-state index < -0.39 is 0 Å². The molecule has 1 aromatic rings. The first-order valence-corrected chi connectivity index (χ1v) is 7.38. The summed E-state index contributed by atoms with van der Waals surface area (Å²) in [6, 6.07) is 5.31. The fraction of sp³-hybridized carbons (Fsp3) is 0.417. The smallest absolute Gasteiger partial charge is 0.255 e. The van der Waals surface area contributed by atoms with Crippen LogP contribution in [0.4, 0.5) is 0 Å². The average molecular weight is 400 g/mol. The fourth-order valence-corrected chi connectivity index (χ4v) is 2.76. The molecule has 18 heavy (non-hydrogen) atoms. The van der Waals surface area contributed by atoms with Crippen molar-refractivity contribution in [3.8, 4) is 0 Å². The minimum Gasteiger partial charge on any atom is -0.383 e. The second-order valence-corrected chi connectivity index (χ2v) is 6.37. The van der Waals surface area contributed by atoms with Gasteiger partial charge in [0, 0.05) is 25.2 Å². The van der Waals surface area contributed by atoms with E-state index in [2.05, 4.69) is 31.9 Å². The maximum atomic E-state index is 12.2. The van der Waals surface area contributed by atoms with Crippen molar-refractivity contribution in [2.24, 2.45) is 0 Å². The molecule has 0 aromatic heterocycles. The first-order valence-electron chi connectivity index (χ1n) is 5.29. The zero-order valence-corrected chi connectivity index (χ0v) is 14.0. The van der Waals surface area contributed by atoms with Crippen LogP contribution in [0.3, 0.4) is 0 Å². The van der Waals surface area contributed by atoms with Gasteiger partial charge in [-0.05, 0) is 28.1 Å². The molecule has 0 radical (unpaired) electrons. The summed E-state index contributed by atoms with van der Waals surface area (Å²) in [5.74, 6) is -0.109. The van der Waals surface area contributed by atoms with Crippen LogP contribution in [0.25, 0.3) is 0 Å². The van der Waals surface area contributed by atoms with Gasteiger partial charge < -0.3 is 9.64 Å². The van der Waals surface area contributed by atoms with E-state index in [0.29, 0.717) is 23.7 Å². The van der Waals surface area contributed by atoms with Gasteiger partial charge in [-0.15, -0.1) is 0 Å². The Bertz CT molecular complexity index is 429. The Morgan fingerprint density at radius 2 is 2.22 bits per heavy atom. The standard InChI is InChI=1S/C12H14Br2ClNO2/c1-16(6-8(13)7-18-2)12(17)9-4-3-5-10(14)11(9)15/h3-5,8H,6-7H2,1-2H3. The second kappa shape index (κ2) is 7.48. The van der Waals surface area contributed by atoms with E-state index in [-0.39, 0.29) is 10.7 Å².